The standard InChI is InChI=1S/C20H18ClNO4/c1-12-8-20(24)26-18-10-16(6-7-17(12)18)25-11-19(23)22-13(2)14-4-3-5-15(21)9-14/h3-10,13H,11H2,1-2H3,(H,22,23)/t13-/m1/s1. The number of fused-ring (bicyclic) bond motifs is 1. The van der Waals surface area contributed by atoms with Crippen molar-refractivity contribution < 1.29 is 13.9 Å². The van der Waals surface area contributed by atoms with Crippen LogP contribution < -0.4 is 15.7 Å². The topological polar surface area (TPSA) is 68.5 Å². The van der Waals surface area contributed by atoms with Gasteiger partial charge in [-0.25, -0.2) is 4.79 Å². The largest absolute Gasteiger partial charge is 0.484 e. The van der Waals surface area contributed by atoms with E-state index >= 15 is 0 Å². The summed E-state index contributed by atoms with van der Waals surface area (Å²) in [6, 6.07) is 13.7. The Labute approximate surface area is 155 Å². The van der Waals surface area contributed by atoms with Crippen LogP contribution in [0.15, 0.2) is 57.7 Å². The molecule has 3 rings (SSSR count). The first kappa shape index (κ1) is 18.0. The molecule has 0 bridgehead atoms. The Kier molecular flexibility index (Phi) is 5.28. The van der Waals surface area contributed by atoms with E-state index in [1.54, 1.807) is 30.3 Å². The summed E-state index contributed by atoms with van der Waals surface area (Å²) in [4.78, 5) is 23.6. The monoisotopic (exact) mass is 371 g/mol. The molecule has 5 nitrogen and oxygen atoms in total. The SMILES string of the molecule is Cc1cc(=O)oc2cc(OCC(=O)N[C@H](C)c3cccc(Cl)c3)ccc12. The van der Waals surface area contributed by atoms with Gasteiger partial charge >= 0.3 is 5.63 Å². The van der Waals surface area contributed by atoms with Crippen LogP contribution in [-0.2, 0) is 4.79 Å². The highest BCUT2D eigenvalue weighted by Gasteiger charge is 2.11. The van der Waals surface area contributed by atoms with E-state index in [4.69, 9.17) is 20.8 Å². The van der Waals surface area contributed by atoms with Crippen LogP contribution in [0, 0.1) is 6.92 Å². The van der Waals surface area contributed by atoms with Crippen LogP contribution in [0.3, 0.4) is 0 Å². The van der Waals surface area contributed by atoms with Crippen molar-refractivity contribution in [2.45, 2.75) is 19.9 Å². The number of halogens is 1. The first-order valence-electron chi connectivity index (χ1n) is 8.14. The van der Waals surface area contributed by atoms with Crippen LogP contribution in [0.25, 0.3) is 11.0 Å². The number of benzene rings is 2. The lowest BCUT2D eigenvalue weighted by molar-refractivity contribution is -0.123. The Morgan fingerprint density at radius 2 is 2.04 bits per heavy atom. The molecule has 0 fully saturated rings. The van der Waals surface area contributed by atoms with Crippen molar-refractivity contribution in [2.24, 2.45) is 0 Å². The van der Waals surface area contributed by atoms with Crippen molar-refractivity contribution >= 4 is 28.5 Å². The van der Waals surface area contributed by atoms with Gasteiger partial charge in [-0.1, -0.05) is 23.7 Å². The Balaban J connectivity index is 1.64. The Bertz CT molecular complexity index is 1010. The zero-order chi connectivity index (χ0) is 18.7. The first-order valence-corrected chi connectivity index (χ1v) is 8.52. The highest BCUT2D eigenvalue weighted by atomic mass is 35.5. The number of ether oxygens (including phenoxy) is 1. The molecule has 1 aromatic heterocycles. The lowest BCUT2D eigenvalue weighted by Gasteiger charge is -2.15. The highest BCUT2D eigenvalue weighted by Crippen LogP contribution is 2.22. The fraction of sp³-hybridized carbons (Fsp3) is 0.200. The van der Waals surface area contributed by atoms with Gasteiger partial charge in [-0.15, -0.1) is 0 Å². The Hall–Kier alpha value is -2.79. The third-order valence-electron chi connectivity index (χ3n) is 4.02. The quantitative estimate of drug-likeness (QED) is 0.688. The van der Waals surface area contributed by atoms with E-state index in [-0.39, 0.29) is 18.6 Å². The summed E-state index contributed by atoms with van der Waals surface area (Å²) < 4.78 is 10.7. The summed E-state index contributed by atoms with van der Waals surface area (Å²) in [6.45, 7) is 3.56. The van der Waals surface area contributed by atoms with Gasteiger partial charge in [0.05, 0.1) is 6.04 Å². The minimum atomic E-state index is -0.416. The molecule has 1 atom stereocenters. The number of carbonyl (C=O) groups is 1. The molecule has 0 unspecified atom stereocenters. The number of hydrogen-bond donors (Lipinski definition) is 1. The maximum Gasteiger partial charge on any atom is 0.336 e. The van der Waals surface area contributed by atoms with Crippen LogP contribution in [0.4, 0.5) is 0 Å². The van der Waals surface area contributed by atoms with Gasteiger partial charge in [0.15, 0.2) is 6.61 Å². The molecular formula is C20H18ClNO4. The van der Waals surface area contributed by atoms with Crippen LogP contribution in [0.2, 0.25) is 5.02 Å². The van der Waals surface area contributed by atoms with Crippen LogP contribution in [0.1, 0.15) is 24.1 Å². The summed E-state index contributed by atoms with van der Waals surface area (Å²) in [7, 11) is 0. The van der Waals surface area contributed by atoms with E-state index in [1.165, 1.54) is 6.07 Å². The fourth-order valence-corrected chi connectivity index (χ4v) is 2.89. The Morgan fingerprint density at radius 1 is 1.23 bits per heavy atom. The van der Waals surface area contributed by atoms with E-state index in [1.807, 2.05) is 26.0 Å². The zero-order valence-electron chi connectivity index (χ0n) is 14.4. The molecule has 1 N–H and O–H groups in total. The molecule has 6 heteroatoms. The minimum absolute atomic E-state index is 0.146. The van der Waals surface area contributed by atoms with E-state index in [0.717, 1.165) is 16.5 Å². The van der Waals surface area contributed by atoms with Gasteiger partial charge < -0.3 is 14.5 Å². The molecule has 1 amide bonds. The van der Waals surface area contributed by atoms with Crippen LogP contribution >= 0.6 is 11.6 Å². The van der Waals surface area contributed by atoms with Crippen molar-refractivity contribution in [3.63, 3.8) is 0 Å². The normalized spacial score (nSPS) is 12.0. The van der Waals surface area contributed by atoms with Gasteiger partial charge in [0, 0.05) is 22.5 Å². The average molecular weight is 372 g/mol. The lowest BCUT2D eigenvalue weighted by Crippen LogP contribution is -2.31. The van der Waals surface area contributed by atoms with Crippen molar-refractivity contribution in [1.82, 2.24) is 5.32 Å². The molecular weight excluding hydrogens is 354 g/mol. The van der Waals surface area contributed by atoms with Gasteiger partial charge in [-0.2, -0.15) is 0 Å². The summed E-state index contributed by atoms with van der Waals surface area (Å²) in [6.07, 6.45) is 0. The predicted molar refractivity (Wildman–Crippen MR) is 101 cm³/mol. The third kappa shape index (κ3) is 4.24. The van der Waals surface area contributed by atoms with Crippen molar-refractivity contribution in [3.8, 4) is 5.75 Å². The van der Waals surface area contributed by atoms with E-state index in [0.29, 0.717) is 16.4 Å². The first-order chi connectivity index (χ1) is 12.4. The molecule has 0 radical (unpaired) electrons. The molecule has 0 spiro atoms. The van der Waals surface area contributed by atoms with E-state index < -0.39 is 5.63 Å². The molecule has 1 heterocycles. The van der Waals surface area contributed by atoms with Gasteiger partial charge in [-0.3, -0.25) is 4.79 Å². The molecule has 134 valence electrons. The fourth-order valence-electron chi connectivity index (χ4n) is 2.69. The van der Waals surface area contributed by atoms with Gasteiger partial charge in [0.1, 0.15) is 11.3 Å². The number of amides is 1. The Morgan fingerprint density at radius 3 is 2.81 bits per heavy atom. The third-order valence-corrected chi connectivity index (χ3v) is 4.25. The number of aryl methyl sites for hydroxylation is 1. The summed E-state index contributed by atoms with van der Waals surface area (Å²) >= 11 is 5.97. The van der Waals surface area contributed by atoms with Crippen LogP contribution in [-0.4, -0.2) is 12.5 Å². The summed E-state index contributed by atoms with van der Waals surface area (Å²) in [5.74, 6) is 0.195. The lowest BCUT2D eigenvalue weighted by atomic mass is 10.1. The van der Waals surface area contributed by atoms with Crippen molar-refractivity contribution in [3.05, 3.63) is 75.1 Å². The predicted octanol–water partition coefficient (Wildman–Crippen LogP) is 4.01. The van der Waals surface area contributed by atoms with E-state index in [2.05, 4.69) is 5.32 Å². The minimum Gasteiger partial charge on any atom is -0.484 e. The maximum atomic E-state index is 12.1. The summed E-state index contributed by atoms with van der Waals surface area (Å²) in [5, 5.41) is 4.30. The smallest absolute Gasteiger partial charge is 0.336 e. The number of rotatable bonds is 5. The number of nitrogens with one attached hydrogen (secondary N) is 1. The second-order valence-electron chi connectivity index (χ2n) is 6.04. The molecule has 0 aliphatic rings. The number of hydrogen-bond acceptors (Lipinski definition) is 4. The van der Waals surface area contributed by atoms with Crippen molar-refractivity contribution in [2.75, 3.05) is 6.61 Å². The second kappa shape index (κ2) is 7.62. The van der Waals surface area contributed by atoms with Gasteiger partial charge in [0.25, 0.3) is 5.91 Å². The molecule has 2 aromatic carbocycles. The molecule has 0 aliphatic heterocycles. The van der Waals surface area contributed by atoms with Gasteiger partial charge in [-0.05, 0) is 49.2 Å². The highest BCUT2D eigenvalue weighted by molar-refractivity contribution is 6.30. The average Bonchev–Trinajstić information content (AvgIpc) is 2.59. The zero-order valence-corrected chi connectivity index (χ0v) is 15.2. The number of carbonyl (C=O) groups excluding carboxylic acids is 1. The molecule has 0 aliphatic carbocycles. The molecule has 0 saturated heterocycles. The van der Waals surface area contributed by atoms with Crippen LogP contribution in [0.5, 0.6) is 5.75 Å². The second-order valence-corrected chi connectivity index (χ2v) is 6.48. The summed E-state index contributed by atoms with van der Waals surface area (Å²) in [5.41, 5.74) is 1.75. The maximum absolute atomic E-state index is 12.1. The molecule has 26 heavy (non-hydrogen) atoms. The van der Waals surface area contributed by atoms with Gasteiger partial charge in [0.2, 0.25) is 0 Å². The van der Waals surface area contributed by atoms with Crippen molar-refractivity contribution in [1.29, 1.82) is 0 Å². The molecule has 0 saturated carbocycles. The molecule has 3 aromatic rings. The van der Waals surface area contributed by atoms with E-state index in [9.17, 15) is 9.59 Å².